The van der Waals surface area contributed by atoms with Crippen LogP contribution in [0.5, 0.6) is 5.75 Å². The number of rotatable bonds is 7. The van der Waals surface area contributed by atoms with Crippen molar-refractivity contribution in [3.05, 3.63) is 24.3 Å². The number of amides is 2. The average molecular weight is 388 g/mol. The van der Waals surface area contributed by atoms with Crippen molar-refractivity contribution in [1.29, 1.82) is 0 Å². The number of carbonyl (C=O) groups is 2. The van der Waals surface area contributed by atoms with Crippen LogP contribution >= 0.6 is 0 Å². The molecule has 0 aromatic heterocycles. The zero-order valence-corrected chi connectivity index (χ0v) is 17.4. The van der Waals surface area contributed by atoms with E-state index in [2.05, 4.69) is 5.32 Å². The van der Waals surface area contributed by atoms with Crippen molar-refractivity contribution < 1.29 is 14.3 Å². The maximum Gasteiger partial charge on any atom is 0.244 e. The Morgan fingerprint density at radius 1 is 1.21 bits per heavy atom. The van der Waals surface area contributed by atoms with Crippen molar-refractivity contribution >= 4 is 17.5 Å². The van der Waals surface area contributed by atoms with Crippen molar-refractivity contribution in [2.45, 2.75) is 64.0 Å². The van der Waals surface area contributed by atoms with Gasteiger partial charge >= 0.3 is 0 Å². The molecule has 6 heteroatoms. The number of likely N-dealkylation sites (N-methyl/N-ethyl adjacent to an activating group) is 1. The molecular weight excluding hydrogens is 354 g/mol. The summed E-state index contributed by atoms with van der Waals surface area (Å²) >= 11 is 0. The largest absolute Gasteiger partial charge is 0.495 e. The van der Waals surface area contributed by atoms with E-state index >= 15 is 0 Å². The molecule has 28 heavy (non-hydrogen) atoms. The number of carbonyl (C=O) groups excluding carboxylic acids is 2. The molecule has 1 atom stereocenters. The van der Waals surface area contributed by atoms with E-state index in [9.17, 15) is 9.59 Å². The number of methoxy groups -OCH3 is 1. The van der Waals surface area contributed by atoms with Crippen LogP contribution in [0.3, 0.4) is 0 Å². The number of hydrogen-bond donors (Lipinski definition) is 1. The molecule has 3 rings (SSSR count). The smallest absolute Gasteiger partial charge is 0.244 e. The highest BCUT2D eigenvalue weighted by molar-refractivity contribution is 6.01. The molecule has 1 unspecified atom stereocenters. The number of para-hydroxylation sites is 2. The molecule has 1 aromatic rings. The molecule has 1 heterocycles. The van der Waals surface area contributed by atoms with Crippen LogP contribution in [-0.2, 0) is 9.59 Å². The van der Waals surface area contributed by atoms with Gasteiger partial charge in [-0.15, -0.1) is 0 Å². The number of benzene rings is 1. The van der Waals surface area contributed by atoms with E-state index in [0.29, 0.717) is 31.8 Å². The molecule has 2 amide bonds. The highest BCUT2D eigenvalue weighted by Crippen LogP contribution is 2.34. The molecule has 1 aliphatic carbocycles. The Labute approximate surface area is 168 Å². The van der Waals surface area contributed by atoms with Gasteiger partial charge in [0.05, 0.1) is 24.4 Å². The fraction of sp³-hybridized carbons (Fsp3) is 0.636. The Morgan fingerprint density at radius 2 is 1.89 bits per heavy atom. The Kier molecular flexibility index (Phi) is 6.60. The van der Waals surface area contributed by atoms with E-state index in [1.807, 2.05) is 43.0 Å². The molecule has 1 saturated carbocycles. The van der Waals surface area contributed by atoms with Crippen LogP contribution in [-0.4, -0.2) is 55.0 Å². The highest BCUT2D eigenvalue weighted by Gasteiger charge is 2.46. The minimum atomic E-state index is -0.610. The quantitative estimate of drug-likeness (QED) is 0.781. The van der Waals surface area contributed by atoms with Crippen LogP contribution < -0.4 is 15.0 Å². The highest BCUT2D eigenvalue weighted by atomic mass is 16.5. The minimum Gasteiger partial charge on any atom is -0.495 e. The maximum atomic E-state index is 13.3. The lowest BCUT2D eigenvalue weighted by Gasteiger charge is -2.41. The summed E-state index contributed by atoms with van der Waals surface area (Å²) in [5, 5.41) is 3.54. The number of nitrogens with one attached hydrogen (secondary N) is 1. The number of nitrogens with zero attached hydrogens (tertiary/aromatic N) is 2. The average Bonchev–Trinajstić information content (AvgIpc) is 3.09. The first-order chi connectivity index (χ1) is 13.6. The maximum absolute atomic E-state index is 13.3. The molecule has 0 bridgehead atoms. The van der Waals surface area contributed by atoms with E-state index in [-0.39, 0.29) is 17.9 Å². The molecular formula is C22H33N3O3. The third-order valence-electron chi connectivity index (χ3n) is 6.20. The molecule has 1 saturated heterocycles. The first-order valence-corrected chi connectivity index (χ1v) is 10.6. The first-order valence-electron chi connectivity index (χ1n) is 10.6. The van der Waals surface area contributed by atoms with E-state index < -0.39 is 5.54 Å². The molecule has 1 N–H and O–H groups in total. The Balaban J connectivity index is 1.80. The second-order valence-electron chi connectivity index (χ2n) is 7.77. The van der Waals surface area contributed by atoms with Crippen LogP contribution in [0, 0.1) is 0 Å². The zero-order valence-electron chi connectivity index (χ0n) is 17.4. The Hall–Kier alpha value is -2.08. The minimum absolute atomic E-state index is 0.0294. The summed E-state index contributed by atoms with van der Waals surface area (Å²) in [4.78, 5) is 30.2. The SMILES string of the molecule is CCN(CC)C(=O)C1(NC2CCN(c3ccccc3OC)C2=O)CCCCC1. The molecule has 2 aliphatic rings. The second-order valence-corrected chi connectivity index (χ2v) is 7.77. The van der Waals surface area contributed by atoms with Gasteiger partial charge in [0, 0.05) is 19.6 Å². The lowest BCUT2D eigenvalue weighted by molar-refractivity contribution is -0.140. The van der Waals surface area contributed by atoms with Gasteiger partial charge in [0.2, 0.25) is 11.8 Å². The van der Waals surface area contributed by atoms with E-state index in [1.54, 1.807) is 12.0 Å². The number of anilines is 1. The van der Waals surface area contributed by atoms with Crippen molar-refractivity contribution in [2.75, 3.05) is 31.6 Å². The topological polar surface area (TPSA) is 61.9 Å². The van der Waals surface area contributed by atoms with E-state index in [0.717, 1.165) is 37.8 Å². The normalized spacial score (nSPS) is 21.6. The van der Waals surface area contributed by atoms with Gasteiger partial charge in [0.25, 0.3) is 0 Å². The van der Waals surface area contributed by atoms with Crippen molar-refractivity contribution in [3.8, 4) is 5.75 Å². The first kappa shape index (κ1) is 20.6. The number of ether oxygens (including phenoxy) is 1. The molecule has 0 spiro atoms. The van der Waals surface area contributed by atoms with Crippen LogP contribution in [0.2, 0.25) is 0 Å². The van der Waals surface area contributed by atoms with Crippen LogP contribution in [0.15, 0.2) is 24.3 Å². The van der Waals surface area contributed by atoms with Gasteiger partial charge in [0.15, 0.2) is 0 Å². The molecule has 6 nitrogen and oxygen atoms in total. The van der Waals surface area contributed by atoms with Gasteiger partial charge in [-0.25, -0.2) is 0 Å². The van der Waals surface area contributed by atoms with Gasteiger partial charge in [0.1, 0.15) is 5.75 Å². The van der Waals surface area contributed by atoms with Gasteiger partial charge < -0.3 is 14.5 Å². The number of hydrogen-bond acceptors (Lipinski definition) is 4. The Bertz CT molecular complexity index is 696. The molecule has 1 aromatic carbocycles. The molecule has 154 valence electrons. The van der Waals surface area contributed by atoms with E-state index in [4.69, 9.17) is 4.74 Å². The second kappa shape index (κ2) is 8.95. The summed E-state index contributed by atoms with van der Waals surface area (Å²) < 4.78 is 5.43. The summed E-state index contributed by atoms with van der Waals surface area (Å²) in [6.07, 6.45) is 5.51. The summed E-state index contributed by atoms with van der Waals surface area (Å²) in [6, 6.07) is 7.27. The molecule has 2 fully saturated rings. The summed E-state index contributed by atoms with van der Waals surface area (Å²) in [6.45, 7) is 6.06. The standard InChI is InChI=1S/C22H33N3O3/c1-4-24(5-2)21(27)22(14-9-6-10-15-22)23-17-13-16-25(20(17)26)18-11-7-8-12-19(18)28-3/h7-8,11-12,17,23H,4-6,9-10,13-16H2,1-3H3. The zero-order chi connectivity index (χ0) is 20.1. The fourth-order valence-corrected chi connectivity index (χ4v) is 4.63. The molecule has 1 aliphatic heterocycles. The fourth-order valence-electron chi connectivity index (χ4n) is 4.63. The lowest BCUT2D eigenvalue weighted by Crippen LogP contribution is -2.62. The third kappa shape index (κ3) is 3.88. The predicted molar refractivity (Wildman–Crippen MR) is 111 cm³/mol. The summed E-state index contributed by atoms with van der Waals surface area (Å²) in [5.74, 6) is 0.880. The van der Waals surface area contributed by atoms with Gasteiger partial charge in [-0.2, -0.15) is 0 Å². The molecule has 0 radical (unpaired) electrons. The lowest BCUT2D eigenvalue weighted by atomic mass is 9.79. The van der Waals surface area contributed by atoms with Crippen LogP contribution in [0.1, 0.15) is 52.4 Å². The van der Waals surface area contributed by atoms with Crippen molar-refractivity contribution in [2.24, 2.45) is 0 Å². The van der Waals surface area contributed by atoms with E-state index in [1.165, 1.54) is 0 Å². The monoisotopic (exact) mass is 387 g/mol. The van der Waals surface area contributed by atoms with Crippen LogP contribution in [0.4, 0.5) is 5.69 Å². The van der Waals surface area contributed by atoms with Gasteiger partial charge in [-0.1, -0.05) is 31.4 Å². The van der Waals surface area contributed by atoms with Crippen molar-refractivity contribution in [3.63, 3.8) is 0 Å². The summed E-state index contributed by atoms with van der Waals surface area (Å²) in [7, 11) is 1.62. The summed E-state index contributed by atoms with van der Waals surface area (Å²) in [5.41, 5.74) is 0.188. The third-order valence-corrected chi connectivity index (χ3v) is 6.20. The van der Waals surface area contributed by atoms with Gasteiger partial charge in [-0.05, 0) is 45.2 Å². The predicted octanol–water partition coefficient (Wildman–Crippen LogP) is 2.96. The van der Waals surface area contributed by atoms with Crippen LogP contribution in [0.25, 0.3) is 0 Å². The van der Waals surface area contributed by atoms with Crippen molar-refractivity contribution in [1.82, 2.24) is 10.2 Å². The Morgan fingerprint density at radius 3 is 2.54 bits per heavy atom. The van der Waals surface area contributed by atoms with Gasteiger partial charge in [-0.3, -0.25) is 14.9 Å².